The first-order valence-electron chi connectivity index (χ1n) is 9.18. The van der Waals surface area contributed by atoms with E-state index in [0.29, 0.717) is 23.2 Å². The third kappa shape index (κ3) is 5.81. The Labute approximate surface area is 185 Å². The van der Waals surface area contributed by atoms with Crippen LogP contribution in [-0.2, 0) is 11.0 Å². The summed E-state index contributed by atoms with van der Waals surface area (Å²) in [6.45, 7) is 1.72. The number of anilines is 1. The van der Waals surface area contributed by atoms with Gasteiger partial charge < -0.3 is 11.1 Å². The van der Waals surface area contributed by atoms with Crippen LogP contribution in [0.15, 0.2) is 48.0 Å². The van der Waals surface area contributed by atoms with Gasteiger partial charge in [-0.25, -0.2) is 4.39 Å². The molecule has 2 atom stereocenters. The Morgan fingerprint density at radius 3 is 2.58 bits per heavy atom. The summed E-state index contributed by atoms with van der Waals surface area (Å²) >= 11 is 7.08. The normalized spacial score (nSPS) is 13.6. The molecule has 0 saturated carbocycles. The maximum Gasteiger partial charge on any atom is 0.433 e. The number of alkyl halides is 3. The molecule has 1 amide bonds. The number of benzene rings is 1. The lowest BCUT2D eigenvalue weighted by Gasteiger charge is -2.16. The Balaban J connectivity index is 1.62. The maximum atomic E-state index is 13.2. The van der Waals surface area contributed by atoms with E-state index >= 15 is 0 Å². The van der Waals surface area contributed by atoms with Crippen LogP contribution in [0, 0.1) is 11.7 Å². The van der Waals surface area contributed by atoms with Gasteiger partial charge in [0, 0.05) is 34.3 Å². The van der Waals surface area contributed by atoms with E-state index in [-0.39, 0.29) is 10.9 Å². The molecular weight excluding hydrogens is 454 g/mol. The van der Waals surface area contributed by atoms with Crippen molar-refractivity contribution in [3.8, 4) is 11.1 Å². The topological polar surface area (TPSA) is 68.0 Å². The van der Waals surface area contributed by atoms with Gasteiger partial charge in [0.2, 0.25) is 5.91 Å². The molecule has 31 heavy (non-hydrogen) atoms. The highest BCUT2D eigenvalue weighted by Gasteiger charge is 2.32. The fourth-order valence-electron chi connectivity index (χ4n) is 2.87. The minimum absolute atomic E-state index is 0.0916. The maximum absolute atomic E-state index is 13.2. The molecule has 0 bridgehead atoms. The van der Waals surface area contributed by atoms with Crippen LogP contribution < -0.4 is 11.1 Å². The zero-order valence-electron chi connectivity index (χ0n) is 16.2. The number of pyridine rings is 1. The van der Waals surface area contributed by atoms with Gasteiger partial charge in [-0.1, -0.05) is 24.6 Å². The van der Waals surface area contributed by atoms with E-state index in [1.54, 1.807) is 18.4 Å². The first-order chi connectivity index (χ1) is 14.5. The highest BCUT2D eigenvalue weighted by molar-refractivity contribution is 7.10. The zero-order chi connectivity index (χ0) is 22.8. The van der Waals surface area contributed by atoms with Gasteiger partial charge in [0.25, 0.3) is 0 Å². The molecule has 4 nitrogen and oxygen atoms in total. The molecule has 0 aliphatic rings. The van der Waals surface area contributed by atoms with Crippen molar-refractivity contribution in [2.75, 3.05) is 5.32 Å². The zero-order valence-corrected chi connectivity index (χ0v) is 17.8. The predicted molar refractivity (Wildman–Crippen MR) is 113 cm³/mol. The summed E-state index contributed by atoms with van der Waals surface area (Å²) in [5, 5.41) is 4.36. The predicted octanol–water partition coefficient (Wildman–Crippen LogP) is 6.29. The molecule has 2 heterocycles. The Hall–Kier alpha value is -2.49. The Bertz CT molecular complexity index is 1070. The van der Waals surface area contributed by atoms with E-state index in [0.717, 1.165) is 17.0 Å². The third-order valence-corrected chi connectivity index (χ3v) is 5.97. The summed E-state index contributed by atoms with van der Waals surface area (Å²) in [5.74, 6) is -1.31. The standard InChI is InChI=1S/C21H18ClF4N3OS/c1-11(20(30)29-14-3-4-16(23)15(22)8-14)6-17(27)18-7-13(10-31-18)12-2-5-19(28-9-12)21(24,25)26/h2-5,7-11,17H,6,27H2,1H3,(H,29,30)/t11-,17+/m1/s1. The number of halogens is 5. The number of amides is 1. The van der Waals surface area contributed by atoms with E-state index in [9.17, 15) is 22.4 Å². The van der Waals surface area contributed by atoms with Gasteiger partial charge in [-0.05, 0) is 47.7 Å². The molecule has 0 aliphatic heterocycles. The van der Waals surface area contributed by atoms with Crippen molar-refractivity contribution in [2.24, 2.45) is 11.7 Å². The number of aromatic nitrogens is 1. The van der Waals surface area contributed by atoms with Crippen LogP contribution >= 0.6 is 22.9 Å². The average molecular weight is 472 g/mol. The minimum Gasteiger partial charge on any atom is -0.326 e. The molecule has 0 fully saturated rings. The second-order valence-corrected chi connectivity index (χ2v) is 8.38. The lowest BCUT2D eigenvalue weighted by Crippen LogP contribution is -2.24. The van der Waals surface area contributed by atoms with Crippen molar-refractivity contribution >= 4 is 34.5 Å². The number of nitrogens with two attached hydrogens (primary N) is 1. The summed E-state index contributed by atoms with van der Waals surface area (Å²) < 4.78 is 51.2. The first kappa shape index (κ1) is 23.2. The minimum atomic E-state index is -4.49. The van der Waals surface area contributed by atoms with Crippen LogP contribution in [0.2, 0.25) is 5.02 Å². The summed E-state index contributed by atoms with van der Waals surface area (Å²) in [7, 11) is 0. The quantitative estimate of drug-likeness (QED) is 0.415. The van der Waals surface area contributed by atoms with Crippen molar-refractivity contribution in [3.05, 3.63) is 69.4 Å². The molecule has 0 spiro atoms. The molecule has 0 aliphatic carbocycles. The fourth-order valence-corrected chi connectivity index (χ4v) is 3.99. The lowest BCUT2D eigenvalue weighted by atomic mass is 9.99. The molecular formula is C21H18ClF4N3OS. The monoisotopic (exact) mass is 471 g/mol. The Morgan fingerprint density at radius 2 is 1.97 bits per heavy atom. The van der Waals surface area contributed by atoms with Crippen LogP contribution in [0.25, 0.3) is 11.1 Å². The molecule has 3 rings (SSSR count). The van der Waals surface area contributed by atoms with Gasteiger partial charge in [0.15, 0.2) is 0 Å². The fraction of sp³-hybridized carbons (Fsp3) is 0.238. The second kappa shape index (κ2) is 9.33. The van der Waals surface area contributed by atoms with E-state index in [2.05, 4.69) is 10.3 Å². The summed E-state index contributed by atoms with van der Waals surface area (Å²) in [6.07, 6.45) is -2.98. The highest BCUT2D eigenvalue weighted by atomic mass is 35.5. The molecule has 3 aromatic rings. The van der Waals surface area contributed by atoms with Gasteiger partial charge in [-0.3, -0.25) is 9.78 Å². The van der Waals surface area contributed by atoms with E-state index in [4.69, 9.17) is 17.3 Å². The number of nitrogens with zero attached hydrogens (tertiary/aromatic N) is 1. The average Bonchev–Trinajstić information content (AvgIpc) is 3.20. The van der Waals surface area contributed by atoms with Gasteiger partial charge >= 0.3 is 6.18 Å². The third-order valence-electron chi connectivity index (χ3n) is 4.61. The van der Waals surface area contributed by atoms with Crippen molar-refractivity contribution in [1.29, 1.82) is 0 Å². The first-order valence-corrected chi connectivity index (χ1v) is 10.4. The lowest BCUT2D eigenvalue weighted by molar-refractivity contribution is -0.141. The molecule has 164 valence electrons. The smallest absolute Gasteiger partial charge is 0.326 e. The van der Waals surface area contributed by atoms with Gasteiger partial charge in [-0.15, -0.1) is 11.3 Å². The Morgan fingerprint density at radius 1 is 1.23 bits per heavy atom. The van der Waals surface area contributed by atoms with Crippen LogP contribution in [0.3, 0.4) is 0 Å². The van der Waals surface area contributed by atoms with Crippen molar-refractivity contribution in [1.82, 2.24) is 4.98 Å². The second-order valence-electron chi connectivity index (χ2n) is 7.03. The highest BCUT2D eigenvalue weighted by Crippen LogP contribution is 2.33. The number of thiophene rings is 1. The van der Waals surface area contributed by atoms with Crippen molar-refractivity contribution in [3.63, 3.8) is 0 Å². The molecule has 10 heteroatoms. The van der Waals surface area contributed by atoms with E-state index < -0.39 is 29.6 Å². The van der Waals surface area contributed by atoms with Gasteiger partial charge in [0.1, 0.15) is 11.5 Å². The van der Waals surface area contributed by atoms with Crippen LogP contribution in [-0.4, -0.2) is 10.9 Å². The van der Waals surface area contributed by atoms with Crippen LogP contribution in [0.5, 0.6) is 0 Å². The van der Waals surface area contributed by atoms with Crippen LogP contribution in [0.1, 0.15) is 30.0 Å². The van der Waals surface area contributed by atoms with E-state index in [1.165, 1.54) is 35.7 Å². The number of nitrogens with one attached hydrogen (secondary N) is 1. The number of rotatable bonds is 6. The summed E-state index contributed by atoms with van der Waals surface area (Å²) in [6, 6.07) is 7.53. The molecule has 3 N–H and O–H groups in total. The number of hydrogen-bond acceptors (Lipinski definition) is 4. The molecule has 0 radical (unpaired) electrons. The summed E-state index contributed by atoms with van der Waals surface area (Å²) in [5.41, 5.74) is 6.91. The van der Waals surface area contributed by atoms with Crippen molar-refractivity contribution in [2.45, 2.75) is 25.6 Å². The molecule has 2 aromatic heterocycles. The molecule has 0 unspecified atom stereocenters. The Kier molecular flexibility index (Phi) is 6.98. The molecule has 1 aromatic carbocycles. The van der Waals surface area contributed by atoms with Crippen LogP contribution in [0.4, 0.5) is 23.2 Å². The number of carbonyl (C=O) groups is 1. The number of carbonyl (C=O) groups excluding carboxylic acids is 1. The van der Waals surface area contributed by atoms with E-state index in [1.807, 2.05) is 0 Å². The van der Waals surface area contributed by atoms with Gasteiger partial charge in [-0.2, -0.15) is 13.2 Å². The van der Waals surface area contributed by atoms with Crippen molar-refractivity contribution < 1.29 is 22.4 Å². The number of hydrogen-bond donors (Lipinski definition) is 2. The largest absolute Gasteiger partial charge is 0.433 e. The SMILES string of the molecule is C[C@H](C[C@H](N)c1cc(-c2ccc(C(F)(F)F)nc2)cs1)C(=O)Nc1ccc(F)c(Cl)c1. The van der Waals surface area contributed by atoms with Gasteiger partial charge in [0.05, 0.1) is 5.02 Å². The molecule has 0 saturated heterocycles. The summed E-state index contributed by atoms with van der Waals surface area (Å²) in [4.78, 5) is 16.7.